The van der Waals surface area contributed by atoms with Crippen molar-refractivity contribution in [1.82, 2.24) is 4.98 Å². The normalized spacial score (nSPS) is 10.8. The van der Waals surface area contributed by atoms with Crippen molar-refractivity contribution in [3.05, 3.63) is 47.1 Å². The van der Waals surface area contributed by atoms with E-state index in [4.69, 9.17) is 22.1 Å². The summed E-state index contributed by atoms with van der Waals surface area (Å²) in [6, 6.07) is 9.24. The van der Waals surface area contributed by atoms with Crippen LogP contribution >= 0.6 is 35.6 Å². The quantitative estimate of drug-likeness (QED) is 0.406. The highest BCUT2D eigenvalue weighted by atomic mass is 127. The third kappa shape index (κ3) is 5.72. The molecule has 6 nitrogen and oxygen atoms in total. The monoisotopic (exact) mass is 461 g/mol. The van der Waals surface area contributed by atoms with E-state index in [2.05, 4.69) is 15.3 Å². The second kappa shape index (κ2) is 9.53. The number of hydrogen-bond acceptors (Lipinski definition) is 4. The van der Waals surface area contributed by atoms with Crippen LogP contribution in [0.25, 0.3) is 0 Å². The first-order chi connectivity index (χ1) is 11.0. The van der Waals surface area contributed by atoms with E-state index in [1.807, 2.05) is 37.2 Å². The SMILES string of the molecule is COc1ccc(NC(N)=NCc2ccc(N(C)C)nc2)cc1Cl.I. The molecule has 0 atom stereocenters. The van der Waals surface area contributed by atoms with Crippen molar-refractivity contribution >= 4 is 53.0 Å². The second-order valence-electron chi connectivity index (χ2n) is 5.09. The molecule has 2 aromatic rings. The van der Waals surface area contributed by atoms with E-state index in [9.17, 15) is 0 Å². The summed E-state index contributed by atoms with van der Waals surface area (Å²) in [6.07, 6.45) is 1.79. The van der Waals surface area contributed by atoms with Crippen LogP contribution in [0.4, 0.5) is 11.5 Å². The molecule has 1 aromatic heterocycles. The summed E-state index contributed by atoms with van der Waals surface area (Å²) in [5.74, 6) is 1.82. The van der Waals surface area contributed by atoms with Crippen molar-refractivity contribution < 1.29 is 4.74 Å². The van der Waals surface area contributed by atoms with E-state index in [-0.39, 0.29) is 24.0 Å². The Hall–Kier alpha value is -1.74. The van der Waals surface area contributed by atoms with Crippen LogP contribution in [0.5, 0.6) is 5.75 Å². The Balaban J connectivity index is 0.00000288. The predicted octanol–water partition coefficient (Wildman–Crippen LogP) is 3.35. The Morgan fingerprint density at radius 3 is 2.62 bits per heavy atom. The molecule has 130 valence electrons. The highest BCUT2D eigenvalue weighted by Crippen LogP contribution is 2.27. The lowest BCUT2D eigenvalue weighted by molar-refractivity contribution is 0.415. The van der Waals surface area contributed by atoms with Gasteiger partial charge in [-0.3, -0.25) is 0 Å². The topological polar surface area (TPSA) is 75.8 Å². The van der Waals surface area contributed by atoms with Gasteiger partial charge in [-0.25, -0.2) is 9.98 Å². The number of nitrogens with one attached hydrogen (secondary N) is 1. The van der Waals surface area contributed by atoms with E-state index >= 15 is 0 Å². The summed E-state index contributed by atoms with van der Waals surface area (Å²) in [5, 5.41) is 3.50. The van der Waals surface area contributed by atoms with Crippen LogP contribution in [0.3, 0.4) is 0 Å². The molecule has 0 radical (unpaired) electrons. The maximum absolute atomic E-state index is 6.07. The van der Waals surface area contributed by atoms with Gasteiger partial charge in [-0.15, -0.1) is 24.0 Å². The fourth-order valence-corrected chi connectivity index (χ4v) is 2.14. The highest BCUT2D eigenvalue weighted by molar-refractivity contribution is 14.0. The Labute approximate surface area is 164 Å². The number of benzene rings is 1. The number of hydrogen-bond donors (Lipinski definition) is 2. The number of ether oxygens (including phenoxy) is 1. The molecule has 0 saturated heterocycles. The Morgan fingerprint density at radius 2 is 2.08 bits per heavy atom. The van der Waals surface area contributed by atoms with E-state index < -0.39 is 0 Å². The molecule has 2 rings (SSSR count). The van der Waals surface area contributed by atoms with Crippen LogP contribution in [0.2, 0.25) is 5.02 Å². The zero-order valence-electron chi connectivity index (χ0n) is 13.8. The Bertz CT molecular complexity index is 691. The first kappa shape index (κ1) is 20.3. The van der Waals surface area contributed by atoms with Gasteiger partial charge in [-0.1, -0.05) is 17.7 Å². The summed E-state index contributed by atoms with van der Waals surface area (Å²) < 4.78 is 5.11. The molecule has 3 N–H and O–H groups in total. The smallest absolute Gasteiger partial charge is 0.193 e. The van der Waals surface area contributed by atoms with E-state index in [1.165, 1.54) is 0 Å². The molecule has 0 aliphatic heterocycles. The molecule has 0 saturated carbocycles. The fraction of sp³-hybridized carbons (Fsp3) is 0.250. The van der Waals surface area contributed by atoms with Crippen molar-refractivity contribution in [3.8, 4) is 5.75 Å². The number of nitrogens with two attached hydrogens (primary N) is 1. The van der Waals surface area contributed by atoms with Gasteiger partial charge >= 0.3 is 0 Å². The lowest BCUT2D eigenvalue weighted by Gasteiger charge is -2.11. The molecule has 0 bridgehead atoms. The zero-order valence-corrected chi connectivity index (χ0v) is 16.9. The summed E-state index contributed by atoms with van der Waals surface area (Å²) in [4.78, 5) is 10.6. The lowest BCUT2D eigenvalue weighted by Crippen LogP contribution is -2.22. The minimum absolute atomic E-state index is 0. The number of guanidine groups is 1. The van der Waals surface area contributed by atoms with Crippen molar-refractivity contribution in [2.75, 3.05) is 31.4 Å². The van der Waals surface area contributed by atoms with Gasteiger partial charge in [0.1, 0.15) is 11.6 Å². The Kier molecular flexibility index (Phi) is 8.06. The van der Waals surface area contributed by atoms with Gasteiger partial charge in [0.05, 0.1) is 18.7 Å². The molecule has 1 heterocycles. The van der Waals surface area contributed by atoms with Crippen LogP contribution in [0, 0.1) is 0 Å². The standard InChI is InChI=1S/C16H20ClN5O.HI/c1-22(2)15-7-4-11(9-19-15)10-20-16(18)21-12-5-6-14(23-3)13(17)8-12;/h4-9H,10H2,1-3H3,(H3,18,20,21);1H. The molecule has 0 aliphatic rings. The largest absolute Gasteiger partial charge is 0.495 e. The molecule has 0 spiro atoms. The summed E-state index contributed by atoms with van der Waals surface area (Å²) in [7, 11) is 5.46. The lowest BCUT2D eigenvalue weighted by atomic mass is 10.3. The number of pyridine rings is 1. The van der Waals surface area contributed by atoms with E-state index in [0.29, 0.717) is 23.3 Å². The van der Waals surface area contributed by atoms with Crippen LogP contribution in [0.15, 0.2) is 41.5 Å². The van der Waals surface area contributed by atoms with Gasteiger partial charge in [-0.2, -0.15) is 0 Å². The second-order valence-corrected chi connectivity index (χ2v) is 5.50. The van der Waals surface area contributed by atoms with Gasteiger partial charge in [0.25, 0.3) is 0 Å². The third-order valence-corrected chi connectivity index (χ3v) is 3.42. The van der Waals surface area contributed by atoms with Crippen molar-refractivity contribution in [2.24, 2.45) is 10.7 Å². The third-order valence-electron chi connectivity index (χ3n) is 3.12. The number of halogens is 2. The predicted molar refractivity (Wildman–Crippen MR) is 111 cm³/mol. The molecular weight excluding hydrogens is 441 g/mol. The van der Waals surface area contributed by atoms with Crippen molar-refractivity contribution in [1.29, 1.82) is 0 Å². The molecule has 0 aliphatic carbocycles. The molecule has 8 heteroatoms. The molecular formula is C16H21ClIN5O. The minimum atomic E-state index is 0. The molecule has 0 unspecified atom stereocenters. The summed E-state index contributed by atoms with van der Waals surface area (Å²) >= 11 is 6.07. The molecule has 1 aromatic carbocycles. The van der Waals surface area contributed by atoms with Crippen LogP contribution in [-0.4, -0.2) is 32.1 Å². The number of nitrogens with zero attached hydrogens (tertiary/aromatic N) is 3. The van der Waals surface area contributed by atoms with Gasteiger partial charge in [0, 0.05) is 26.0 Å². The first-order valence-electron chi connectivity index (χ1n) is 7.02. The molecule has 24 heavy (non-hydrogen) atoms. The van der Waals surface area contributed by atoms with Crippen LogP contribution in [0.1, 0.15) is 5.56 Å². The van der Waals surface area contributed by atoms with Gasteiger partial charge in [-0.05, 0) is 29.8 Å². The van der Waals surface area contributed by atoms with Gasteiger partial charge < -0.3 is 20.7 Å². The Morgan fingerprint density at radius 1 is 1.33 bits per heavy atom. The average molecular weight is 462 g/mol. The van der Waals surface area contributed by atoms with Crippen molar-refractivity contribution in [3.63, 3.8) is 0 Å². The molecule has 0 fully saturated rings. The number of aliphatic imine (C=N–C) groups is 1. The summed E-state index contributed by atoms with van der Waals surface area (Å²) in [6.45, 7) is 0.448. The first-order valence-corrected chi connectivity index (χ1v) is 7.40. The van der Waals surface area contributed by atoms with Gasteiger partial charge in [0.2, 0.25) is 0 Å². The number of aromatic nitrogens is 1. The fourth-order valence-electron chi connectivity index (χ4n) is 1.88. The number of anilines is 2. The van der Waals surface area contributed by atoms with Gasteiger partial charge in [0.15, 0.2) is 5.96 Å². The average Bonchev–Trinajstić information content (AvgIpc) is 2.53. The number of methoxy groups -OCH3 is 1. The maximum Gasteiger partial charge on any atom is 0.193 e. The maximum atomic E-state index is 6.07. The van der Waals surface area contributed by atoms with Crippen LogP contribution < -0.4 is 20.7 Å². The highest BCUT2D eigenvalue weighted by Gasteiger charge is 2.03. The minimum Gasteiger partial charge on any atom is -0.495 e. The summed E-state index contributed by atoms with van der Waals surface area (Å²) in [5.41, 5.74) is 7.62. The van der Waals surface area contributed by atoms with Crippen LogP contribution in [-0.2, 0) is 6.54 Å². The van der Waals surface area contributed by atoms with E-state index in [0.717, 1.165) is 17.1 Å². The zero-order chi connectivity index (χ0) is 16.8. The number of rotatable bonds is 5. The van der Waals surface area contributed by atoms with E-state index in [1.54, 1.807) is 25.4 Å². The van der Waals surface area contributed by atoms with Crippen molar-refractivity contribution in [2.45, 2.75) is 6.54 Å². The molecule has 0 amide bonds.